The van der Waals surface area contributed by atoms with Gasteiger partial charge in [0.1, 0.15) is 25.4 Å². The first kappa shape index (κ1) is 106. The Morgan fingerprint density at radius 1 is 0.261 bits per heavy atom. The van der Waals surface area contributed by atoms with Gasteiger partial charge in [-0.2, -0.15) is 0 Å². The van der Waals surface area contributed by atoms with Crippen LogP contribution in [0, 0.1) is 0 Å². The van der Waals surface area contributed by atoms with Crippen molar-refractivity contribution in [3.05, 3.63) is 146 Å². The predicted octanol–water partition coefficient (Wildman–Crippen LogP) is 26.8. The highest BCUT2D eigenvalue weighted by atomic mass is 31.2. The Morgan fingerprint density at radius 3 is 0.757 bits per heavy atom. The summed E-state index contributed by atoms with van der Waals surface area (Å²) in [5, 5.41) is 20.7. The molecule has 0 aliphatic heterocycles. The molecule has 0 bridgehead atoms. The van der Waals surface area contributed by atoms with E-state index in [1.54, 1.807) is 0 Å². The third-order valence-electron chi connectivity index (χ3n) is 18.5. The lowest BCUT2D eigenvalue weighted by Gasteiger charge is -2.21. The molecule has 0 saturated carbocycles. The Morgan fingerprint density at radius 2 is 0.477 bits per heavy atom. The fourth-order valence-corrected chi connectivity index (χ4v) is 13.4. The molecular formula is C93H160O16P2. The van der Waals surface area contributed by atoms with Crippen LogP contribution in [0.25, 0.3) is 0 Å². The average molecular weight is 1600 g/mol. The standard InChI is InChI=1S/C93H160O16P2/c1-4-7-10-13-16-19-22-25-28-31-34-36-38-40-42-43-45-47-48-50-53-55-58-61-64-67-70-73-76-79-91(96)103-82-88(94)83-105-110(99,100)106-84-89(95)85-107-111(101,102)108-87-90(109-93(98)81-78-75-72-69-66-63-60-57-52-33-30-27-24-21-18-15-12-9-6-3)86-104-92(97)80-77-74-71-68-65-62-59-56-54-51-49-46-44-41-39-37-35-32-29-26-23-20-17-14-11-8-5-2/h8,11,16-21,25-30,34-37,40-42,44,52,57,88-90,94-95H,4-7,9-10,12-15,22-24,31-33,38-39,43,45-51,53-56,58-87H2,1-3H3,(H,99,100)(H,101,102)/b11-8-,19-16-,20-17-,21-18-,28-25-,29-26-,30-27-,36-34-,37-35-,42-40-,44-41-,57-52-. The van der Waals surface area contributed by atoms with Crippen molar-refractivity contribution in [3.63, 3.8) is 0 Å². The Bertz CT molecular complexity index is 2600. The van der Waals surface area contributed by atoms with Crippen molar-refractivity contribution in [2.24, 2.45) is 0 Å². The highest BCUT2D eigenvalue weighted by Crippen LogP contribution is 2.45. The summed E-state index contributed by atoms with van der Waals surface area (Å²) in [6, 6.07) is 0. The molecule has 0 aliphatic carbocycles. The van der Waals surface area contributed by atoms with E-state index in [4.69, 9.17) is 32.3 Å². The molecule has 0 aromatic carbocycles. The molecule has 0 rings (SSSR count). The normalized spacial score (nSPS) is 14.5. The van der Waals surface area contributed by atoms with E-state index in [0.29, 0.717) is 19.3 Å². The Hall–Kier alpha value is -4.57. The summed E-state index contributed by atoms with van der Waals surface area (Å²) in [7, 11) is -9.81. The molecule has 0 heterocycles. The molecule has 111 heavy (non-hydrogen) atoms. The van der Waals surface area contributed by atoms with E-state index in [9.17, 15) is 43.5 Å². The van der Waals surface area contributed by atoms with E-state index in [2.05, 4.69) is 167 Å². The van der Waals surface area contributed by atoms with E-state index < -0.39 is 91.5 Å². The lowest BCUT2D eigenvalue weighted by atomic mass is 10.0. The van der Waals surface area contributed by atoms with Gasteiger partial charge in [0.25, 0.3) is 0 Å². The van der Waals surface area contributed by atoms with Gasteiger partial charge in [-0.05, 0) is 148 Å². The van der Waals surface area contributed by atoms with E-state index in [0.717, 1.165) is 167 Å². The van der Waals surface area contributed by atoms with Crippen LogP contribution < -0.4 is 0 Å². The molecule has 0 fully saturated rings. The summed E-state index contributed by atoms with van der Waals surface area (Å²) in [6.45, 7) is 2.53. The van der Waals surface area contributed by atoms with Crippen molar-refractivity contribution in [1.82, 2.24) is 0 Å². The molecule has 16 nitrogen and oxygen atoms in total. The molecule has 5 atom stereocenters. The van der Waals surface area contributed by atoms with Gasteiger partial charge >= 0.3 is 33.6 Å². The number of carbonyl (C=O) groups excluding carboxylic acids is 3. The SMILES string of the molecule is CC/C=C\C/C=C\C/C=C\C/C=C\C/C=C\CCCCCCCCCCCCCC(=O)OCC(COP(=O)(O)OCC(O)COP(=O)(O)OCC(O)COC(=O)CCCCCCCCCCCCCCC/C=C\C/C=C\C/C=C\C/C=C\CCCCC)OC(=O)CCCCCCCC/C=C\C/C=C\C/C=C\CCCCC. The first-order valence-electron chi connectivity index (χ1n) is 44.1. The number of aliphatic hydroxyl groups excluding tert-OH is 2. The monoisotopic (exact) mass is 1600 g/mol. The smallest absolute Gasteiger partial charge is 0.463 e. The number of aliphatic hydroxyl groups is 2. The number of hydrogen-bond acceptors (Lipinski definition) is 14. The fraction of sp³-hybridized carbons (Fsp3) is 0.710. The number of hydrogen-bond donors (Lipinski definition) is 4. The number of esters is 3. The largest absolute Gasteiger partial charge is 0.472 e. The molecular weight excluding hydrogens is 1430 g/mol. The summed E-state index contributed by atoms with van der Waals surface area (Å²) >= 11 is 0. The summed E-state index contributed by atoms with van der Waals surface area (Å²) in [6.07, 6.45) is 106. The Labute approximate surface area is 677 Å². The first-order valence-corrected chi connectivity index (χ1v) is 47.1. The third-order valence-corrected chi connectivity index (χ3v) is 20.4. The van der Waals surface area contributed by atoms with E-state index >= 15 is 0 Å². The fourth-order valence-electron chi connectivity index (χ4n) is 11.8. The molecule has 0 amide bonds. The predicted molar refractivity (Wildman–Crippen MR) is 463 cm³/mol. The second kappa shape index (κ2) is 84.8. The Kier molecular flexibility index (Phi) is 81.3. The topological polar surface area (TPSA) is 231 Å². The van der Waals surface area contributed by atoms with Crippen LogP contribution in [0.15, 0.2) is 146 Å². The minimum atomic E-state index is -4.94. The van der Waals surface area contributed by atoms with Gasteiger partial charge < -0.3 is 34.2 Å². The molecule has 0 radical (unpaired) electrons. The van der Waals surface area contributed by atoms with Crippen LogP contribution in [0.2, 0.25) is 0 Å². The van der Waals surface area contributed by atoms with Crippen LogP contribution in [0.1, 0.15) is 367 Å². The van der Waals surface area contributed by atoms with Crippen LogP contribution in [-0.2, 0) is 55.8 Å². The third kappa shape index (κ3) is 86.1. The molecule has 0 aliphatic rings. The second-order valence-corrected chi connectivity index (χ2v) is 32.2. The van der Waals surface area contributed by atoms with Crippen molar-refractivity contribution in [3.8, 4) is 0 Å². The maximum Gasteiger partial charge on any atom is 0.472 e. The second-order valence-electron chi connectivity index (χ2n) is 29.3. The molecule has 0 aromatic rings. The van der Waals surface area contributed by atoms with Crippen LogP contribution in [-0.4, -0.2) is 95.9 Å². The highest BCUT2D eigenvalue weighted by molar-refractivity contribution is 7.47. The number of rotatable bonds is 83. The quantitative estimate of drug-likeness (QED) is 0.0146. The first-order chi connectivity index (χ1) is 54.2. The van der Waals surface area contributed by atoms with E-state index in [1.807, 2.05) is 0 Å². The zero-order valence-corrected chi connectivity index (χ0v) is 71.9. The van der Waals surface area contributed by atoms with Crippen LogP contribution >= 0.6 is 15.6 Å². The van der Waals surface area contributed by atoms with Gasteiger partial charge in [-0.1, -0.05) is 346 Å². The summed E-state index contributed by atoms with van der Waals surface area (Å²) in [4.78, 5) is 58.9. The molecule has 0 spiro atoms. The van der Waals surface area contributed by atoms with Gasteiger partial charge in [0.05, 0.1) is 26.4 Å². The maximum atomic E-state index is 13.0. The van der Waals surface area contributed by atoms with Gasteiger partial charge in [-0.25, -0.2) is 9.13 Å². The summed E-state index contributed by atoms with van der Waals surface area (Å²) < 4.78 is 61.4. The minimum Gasteiger partial charge on any atom is -0.463 e. The Balaban J connectivity index is 4.60. The summed E-state index contributed by atoms with van der Waals surface area (Å²) in [5.74, 6) is -1.59. The van der Waals surface area contributed by atoms with Crippen LogP contribution in [0.5, 0.6) is 0 Å². The number of allylic oxidation sites excluding steroid dienone is 24. The lowest BCUT2D eigenvalue weighted by Crippen LogP contribution is -2.30. The number of ether oxygens (including phenoxy) is 3. The number of unbranched alkanes of at least 4 members (excludes halogenated alkanes) is 36. The minimum absolute atomic E-state index is 0.0866. The van der Waals surface area contributed by atoms with Gasteiger partial charge in [-0.15, -0.1) is 0 Å². The van der Waals surface area contributed by atoms with Crippen LogP contribution in [0.3, 0.4) is 0 Å². The van der Waals surface area contributed by atoms with Crippen molar-refractivity contribution in [2.45, 2.75) is 386 Å². The highest BCUT2D eigenvalue weighted by Gasteiger charge is 2.29. The molecule has 4 N–H and O–H groups in total. The lowest BCUT2D eigenvalue weighted by molar-refractivity contribution is -0.161. The van der Waals surface area contributed by atoms with Crippen molar-refractivity contribution < 1.29 is 75.8 Å². The number of phosphoric acid groups is 2. The van der Waals surface area contributed by atoms with Crippen LogP contribution in [0.4, 0.5) is 0 Å². The van der Waals surface area contributed by atoms with Gasteiger partial charge in [-0.3, -0.25) is 32.5 Å². The zero-order chi connectivity index (χ0) is 80.8. The average Bonchev–Trinajstić information content (AvgIpc) is 0.812. The van der Waals surface area contributed by atoms with Gasteiger partial charge in [0, 0.05) is 19.3 Å². The van der Waals surface area contributed by atoms with Crippen molar-refractivity contribution >= 4 is 33.6 Å². The molecule has 5 unspecified atom stereocenters. The maximum absolute atomic E-state index is 13.0. The van der Waals surface area contributed by atoms with E-state index in [-0.39, 0.29) is 19.3 Å². The zero-order valence-electron chi connectivity index (χ0n) is 70.1. The van der Waals surface area contributed by atoms with Gasteiger partial charge in [0.2, 0.25) is 0 Å². The number of carbonyl (C=O) groups is 3. The molecule has 0 saturated heterocycles. The molecule has 18 heteroatoms. The van der Waals surface area contributed by atoms with E-state index in [1.165, 1.54) is 141 Å². The molecule has 638 valence electrons. The molecule has 0 aromatic heterocycles. The number of phosphoric ester groups is 2. The van der Waals surface area contributed by atoms with Gasteiger partial charge in [0.15, 0.2) is 6.10 Å². The summed E-state index contributed by atoms with van der Waals surface area (Å²) in [5.41, 5.74) is 0. The van der Waals surface area contributed by atoms with Crippen molar-refractivity contribution in [1.29, 1.82) is 0 Å². The van der Waals surface area contributed by atoms with Crippen molar-refractivity contribution in [2.75, 3.05) is 39.6 Å².